The molecular formula is C23H22N6O. The van der Waals surface area contributed by atoms with Gasteiger partial charge in [0.25, 0.3) is 0 Å². The van der Waals surface area contributed by atoms with E-state index in [-0.39, 0.29) is 0 Å². The molecule has 0 fully saturated rings. The third-order valence-electron chi connectivity index (χ3n) is 5.25. The Labute approximate surface area is 173 Å². The van der Waals surface area contributed by atoms with Crippen molar-refractivity contribution in [2.75, 3.05) is 12.8 Å². The Kier molecular flexibility index (Phi) is 4.17. The van der Waals surface area contributed by atoms with Crippen molar-refractivity contribution in [1.29, 1.82) is 0 Å². The molecule has 7 nitrogen and oxygen atoms in total. The predicted octanol–water partition coefficient (Wildman–Crippen LogP) is 3.87. The second-order valence-electron chi connectivity index (χ2n) is 7.44. The number of hydrogen-bond donors (Lipinski definition) is 1. The Bertz CT molecular complexity index is 1400. The zero-order chi connectivity index (χ0) is 20.8. The fourth-order valence-electron chi connectivity index (χ4n) is 3.95. The number of methoxy groups -OCH3 is 1. The largest absolute Gasteiger partial charge is 0.494 e. The van der Waals surface area contributed by atoms with Crippen LogP contribution in [0.2, 0.25) is 0 Å². The molecule has 3 aromatic heterocycles. The molecule has 0 spiro atoms. The van der Waals surface area contributed by atoms with Crippen LogP contribution in [-0.4, -0.2) is 31.5 Å². The van der Waals surface area contributed by atoms with Crippen molar-refractivity contribution < 1.29 is 4.74 Å². The summed E-state index contributed by atoms with van der Waals surface area (Å²) in [6.07, 6.45) is 0.680. The Morgan fingerprint density at radius 3 is 2.60 bits per heavy atom. The van der Waals surface area contributed by atoms with Crippen molar-refractivity contribution in [1.82, 2.24) is 24.4 Å². The first-order valence-corrected chi connectivity index (χ1v) is 9.77. The monoisotopic (exact) mass is 398 g/mol. The Balaban J connectivity index is 1.57. The second kappa shape index (κ2) is 6.88. The molecule has 0 aliphatic rings. The normalized spacial score (nSPS) is 11.4. The molecule has 5 aromatic rings. The summed E-state index contributed by atoms with van der Waals surface area (Å²) in [5.74, 6) is 1.03. The van der Waals surface area contributed by atoms with E-state index in [0.717, 1.165) is 44.8 Å². The van der Waals surface area contributed by atoms with E-state index in [1.807, 2.05) is 35.9 Å². The zero-order valence-electron chi connectivity index (χ0n) is 17.1. The number of nitrogens with two attached hydrogens (primary N) is 1. The van der Waals surface area contributed by atoms with Gasteiger partial charge in [0.2, 0.25) is 5.95 Å². The van der Waals surface area contributed by atoms with Gasteiger partial charge in [-0.3, -0.25) is 0 Å². The molecule has 0 saturated heterocycles. The average Bonchev–Trinajstić information content (AvgIpc) is 3.31. The molecule has 0 unspecified atom stereocenters. The fourth-order valence-corrected chi connectivity index (χ4v) is 3.95. The highest BCUT2D eigenvalue weighted by Gasteiger charge is 2.13. The molecule has 0 saturated carbocycles. The third kappa shape index (κ3) is 2.95. The van der Waals surface area contributed by atoms with Gasteiger partial charge in [0.15, 0.2) is 0 Å². The van der Waals surface area contributed by atoms with Crippen LogP contribution in [0.1, 0.15) is 22.6 Å². The maximum absolute atomic E-state index is 6.19. The van der Waals surface area contributed by atoms with Gasteiger partial charge in [0.05, 0.1) is 29.7 Å². The Morgan fingerprint density at radius 1 is 1.00 bits per heavy atom. The lowest BCUT2D eigenvalue weighted by Crippen LogP contribution is -2.03. The van der Waals surface area contributed by atoms with E-state index in [4.69, 9.17) is 15.6 Å². The summed E-state index contributed by atoms with van der Waals surface area (Å²) in [5, 5.41) is 10.2. The van der Waals surface area contributed by atoms with Gasteiger partial charge in [-0.25, -0.2) is 9.67 Å². The smallest absolute Gasteiger partial charge is 0.222 e. The van der Waals surface area contributed by atoms with E-state index in [0.29, 0.717) is 18.1 Å². The lowest BCUT2D eigenvalue weighted by atomic mass is 10.1. The van der Waals surface area contributed by atoms with E-state index < -0.39 is 0 Å². The van der Waals surface area contributed by atoms with Crippen LogP contribution in [0, 0.1) is 13.8 Å². The van der Waals surface area contributed by atoms with E-state index in [1.54, 1.807) is 11.6 Å². The number of rotatable bonds is 4. The maximum atomic E-state index is 6.19. The molecule has 2 aromatic carbocycles. The first-order chi connectivity index (χ1) is 14.5. The molecule has 0 bridgehead atoms. The quantitative estimate of drug-likeness (QED) is 0.497. The van der Waals surface area contributed by atoms with Crippen LogP contribution in [-0.2, 0) is 6.42 Å². The van der Waals surface area contributed by atoms with Crippen molar-refractivity contribution in [3.05, 3.63) is 77.2 Å². The Hall–Kier alpha value is -3.87. The summed E-state index contributed by atoms with van der Waals surface area (Å²) in [6.45, 7) is 4.06. The van der Waals surface area contributed by atoms with Gasteiger partial charge >= 0.3 is 0 Å². The van der Waals surface area contributed by atoms with Crippen LogP contribution in [0.25, 0.3) is 22.1 Å². The standard InChI is InChI=1S/C23H22N6O/c1-14-10-15(2)28(26-14)18-7-4-6-16(12-18)11-17-13-20-19-8-5-9-21(30-3)22(19)25-23(24)29(20)27-17/h4-10,12-13H,11H2,1-3H3,(H2,24,25). The highest BCUT2D eigenvalue weighted by atomic mass is 16.5. The third-order valence-corrected chi connectivity index (χ3v) is 5.25. The van der Waals surface area contributed by atoms with Crippen LogP contribution < -0.4 is 10.5 Å². The molecule has 5 rings (SSSR count). The molecule has 0 atom stereocenters. The van der Waals surface area contributed by atoms with Crippen molar-refractivity contribution in [3.8, 4) is 11.4 Å². The summed E-state index contributed by atoms with van der Waals surface area (Å²) in [4.78, 5) is 4.50. The van der Waals surface area contributed by atoms with Gasteiger partial charge in [0.1, 0.15) is 11.3 Å². The van der Waals surface area contributed by atoms with E-state index in [9.17, 15) is 0 Å². The molecule has 150 valence electrons. The van der Waals surface area contributed by atoms with Crippen molar-refractivity contribution in [2.45, 2.75) is 20.3 Å². The molecule has 0 amide bonds. The first kappa shape index (κ1) is 18.2. The lowest BCUT2D eigenvalue weighted by molar-refractivity contribution is 0.419. The van der Waals surface area contributed by atoms with Crippen LogP contribution in [0.15, 0.2) is 54.6 Å². The highest BCUT2D eigenvalue weighted by molar-refractivity contribution is 5.97. The van der Waals surface area contributed by atoms with Crippen molar-refractivity contribution >= 4 is 22.4 Å². The van der Waals surface area contributed by atoms with Crippen molar-refractivity contribution in [3.63, 3.8) is 0 Å². The predicted molar refractivity (Wildman–Crippen MR) is 117 cm³/mol. The van der Waals surface area contributed by atoms with E-state index >= 15 is 0 Å². The number of aryl methyl sites for hydroxylation is 2. The summed E-state index contributed by atoms with van der Waals surface area (Å²) in [6, 6.07) is 18.3. The minimum Gasteiger partial charge on any atom is -0.494 e. The lowest BCUT2D eigenvalue weighted by Gasteiger charge is -2.07. The number of anilines is 1. The molecule has 0 radical (unpaired) electrons. The van der Waals surface area contributed by atoms with Crippen LogP contribution in [0.4, 0.5) is 5.95 Å². The van der Waals surface area contributed by atoms with E-state index in [1.165, 1.54) is 0 Å². The van der Waals surface area contributed by atoms with Gasteiger partial charge in [-0.05, 0) is 49.7 Å². The Morgan fingerprint density at radius 2 is 1.83 bits per heavy atom. The summed E-state index contributed by atoms with van der Waals surface area (Å²) in [7, 11) is 1.63. The number of hydrogen-bond acceptors (Lipinski definition) is 5. The summed E-state index contributed by atoms with van der Waals surface area (Å²) < 4.78 is 9.10. The van der Waals surface area contributed by atoms with Gasteiger partial charge in [-0.2, -0.15) is 14.7 Å². The molecule has 0 aliphatic carbocycles. The van der Waals surface area contributed by atoms with Crippen molar-refractivity contribution in [2.24, 2.45) is 0 Å². The summed E-state index contributed by atoms with van der Waals surface area (Å²) >= 11 is 0. The highest BCUT2D eigenvalue weighted by Crippen LogP contribution is 2.29. The number of nitrogens with zero attached hydrogens (tertiary/aromatic N) is 5. The van der Waals surface area contributed by atoms with Crippen LogP contribution >= 0.6 is 0 Å². The van der Waals surface area contributed by atoms with Gasteiger partial charge in [-0.15, -0.1) is 0 Å². The number of ether oxygens (including phenoxy) is 1. The summed E-state index contributed by atoms with van der Waals surface area (Å²) in [5.41, 5.74) is 13.1. The van der Waals surface area contributed by atoms with Crippen LogP contribution in [0.5, 0.6) is 5.75 Å². The molecule has 0 aliphatic heterocycles. The molecular weight excluding hydrogens is 376 g/mol. The number of nitrogen functional groups attached to an aromatic ring is 1. The minimum atomic E-state index is 0.338. The van der Waals surface area contributed by atoms with Crippen LogP contribution in [0.3, 0.4) is 0 Å². The zero-order valence-corrected chi connectivity index (χ0v) is 17.1. The van der Waals surface area contributed by atoms with Gasteiger partial charge in [0, 0.05) is 17.5 Å². The van der Waals surface area contributed by atoms with Gasteiger partial charge < -0.3 is 10.5 Å². The second-order valence-corrected chi connectivity index (χ2v) is 7.44. The molecule has 2 N–H and O–H groups in total. The number of benzene rings is 2. The average molecular weight is 398 g/mol. The number of aromatic nitrogens is 5. The molecule has 7 heteroatoms. The minimum absolute atomic E-state index is 0.338. The topological polar surface area (TPSA) is 83.3 Å². The number of fused-ring (bicyclic) bond motifs is 3. The van der Waals surface area contributed by atoms with Gasteiger partial charge in [-0.1, -0.05) is 24.3 Å². The molecule has 30 heavy (non-hydrogen) atoms. The first-order valence-electron chi connectivity index (χ1n) is 9.77. The SMILES string of the molecule is COc1cccc2c1nc(N)n1nc(Cc3cccc(-n4nc(C)cc4C)c3)cc21. The molecule has 3 heterocycles. The maximum Gasteiger partial charge on any atom is 0.222 e. The number of para-hydroxylation sites is 1. The fraction of sp³-hybridized carbons (Fsp3) is 0.174. The van der Waals surface area contributed by atoms with E-state index in [2.05, 4.69) is 47.3 Å².